The maximum absolute atomic E-state index is 13.1. The minimum absolute atomic E-state index is 0.0440. The van der Waals surface area contributed by atoms with Crippen LogP contribution in [0.15, 0.2) is 67.0 Å². The number of carbonyl (C=O) groups excluding carboxylic acids is 1. The monoisotopic (exact) mass is 446 g/mol. The summed E-state index contributed by atoms with van der Waals surface area (Å²) in [6.45, 7) is 8.65. The highest BCUT2D eigenvalue weighted by Gasteiger charge is 2.22. The zero-order chi connectivity index (χ0) is 22.9. The highest BCUT2D eigenvalue weighted by atomic mass is 35.5. The fourth-order valence-corrected chi connectivity index (χ4v) is 3.91. The summed E-state index contributed by atoms with van der Waals surface area (Å²) in [5.41, 5.74) is 3.57. The molecule has 0 aliphatic carbocycles. The molecule has 1 amide bonds. The fraction of sp³-hybridized carbons (Fsp3) is 0.269. The van der Waals surface area contributed by atoms with Crippen molar-refractivity contribution in [1.29, 1.82) is 0 Å². The van der Waals surface area contributed by atoms with E-state index in [2.05, 4.69) is 31.1 Å². The number of halogens is 1. The third-order valence-electron chi connectivity index (χ3n) is 5.63. The Morgan fingerprint density at radius 2 is 1.91 bits per heavy atom. The van der Waals surface area contributed by atoms with Crippen LogP contribution in [0.5, 0.6) is 0 Å². The van der Waals surface area contributed by atoms with Crippen molar-refractivity contribution in [1.82, 2.24) is 20.1 Å². The summed E-state index contributed by atoms with van der Waals surface area (Å²) in [6.07, 6.45) is 3.58. The molecule has 0 radical (unpaired) electrons. The normalized spacial score (nSPS) is 12.7. The lowest BCUT2D eigenvalue weighted by atomic mass is 9.92. The van der Waals surface area contributed by atoms with Gasteiger partial charge in [0, 0.05) is 28.2 Å². The number of fused-ring (bicyclic) bond motifs is 1. The Morgan fingerprint density at radius 1 is 1.12 bits per heavy atom. The molecule has 5 nitrogen and oxygen atoms in total. The Hall–Kier alpha value is -3.18. The van der Waals surface area contributed by atoms with Gasteiger partial charge in [0.1, 0.15) is 0 Å². The predicted molar refractivity (Wildman–Crippen MR) is 129 cm³/mol. The molecule has 0 spiro atoms. The van der Waals surface area contributed by atoms with Crippen molar-refractivity contribution in [3.05, 3.63) is 89.0 Å². The molecule has 1 atom stereocenters. The van der Waals surface area contributed by atoms with Crippen LogP contribution >= 0.6 is 11.6 Å². The summed E-state index contributed by atoms with van der Waals surface area (Å²) in [7, 11) is 0. The quantitative estimate of drug-likeness (QED) is 0.422. The third-order valence-corrected chi connectivity index (χ3v) is 5.86. The minimum atomic E-state index is -0.312. The van der Waals surface area contributed by atoms with Crippen molar-refractivity contribution in [2.45, 2.75) is 45.6 Å². The Bertz CT molecular complexity index is 1270. The Morgan fingerprint density at radius 3 is 2.66 bits per heavy atom. The maximum atomic E-state index is 13.1. The van der Waals surface area contributed by atoms with Gasteiger partial charge in [0.25, 0.3) is 0 Å². The van der Waals surface area contributed by atoms with Gasteiger partial charge in [0.2, 0.25) is 5.91 Å². The third kappa shape index (κ3) is 4.53. The first kappa shape index (κ1) is 22.0. The van der Waals surface area contributed by atoms with Gasteiger partial charge in [0.05, 0.1) is 29.5 Å². The average molecular weight is 447 g/mol. The molecule has 0 aliphatic heterocycles. The molecule has 0 fully saturated rings. The standard InChI is InChI=1S/C26H27ClN4O/c1-17(22-10-5-7-18-11-12-28-16-23(18)22)25(32)29-15-21-14-24(26(2,3)4)30-31(21)20-9-6-8-19(27)13-20/h5-14,16-17H,15H2,1-4H3,(H,29,32). The van der Waals surface area contributed by atoms with Crippen LogP contribution in [0.3, 0.4) is 0 Å². The van der Waals surface area contributed by atoms with Crippen LogP contribution in [0.4, 0.5) is 0 Å². The minimum Gasteiger partial charge on any atom is -0.350 e. The van der Waals surface area contributed by atoms with Crippen LogP contribution in [0, 0.1) is 0 Å². The second-order valence-electron chi connectivity index (χ2n) is 9.05. The van der Waals surface area contributed by atoms with Gasteiger partial charge in [-0.1, -0.05) is 56.6 Å². The number of nitrogens with one attached hydrogen (secondary N) is 1. The first-order valence-corrected chi connectivity index (χ1v) is 11.1. The molecule has 164 valence electrons. The summed E-state index contributed by atoms with van der Waals surface area (Å²) >= 11 is 6.21. The lowest BCUT2D eigenvalue weighted by molar-refractivity contribution is -0.122. The number of carbonyl (C=O) groups is 1. The molecule has 2 aromatic heterocycles. The van der Waals surface area contributed by atoms with E-state index in [1.165, 1.54) is 0 Å². The number of aromatic nitrogens is 3. The topological polar surface area (TPSA) is 59.8 Å². The summed E-state index contributed by atoms with van der Waals surface area (Å²) in [4.78, 5) is 17.3. The van der Waals surface area contributed by atoms with E-state index in [-0.39, 0.29) is 17.2 Å². The predicted octanol–water partition coefficient (Wildman–Crippen LogP) is 5.79. The smallest absolute Gasteiger partial charge is 0.227 e. The van der Waals surface area contributed by atoms with Crippen LogP contribution in [0.25, 0.3) is 16.5 Å². The van der Waals surface area contributed by atoms with E-state index in [1.54, 1.807) is 6.20 Å². The molecule has 4 aromatic rings. The van der Waals surface area contributed by atoms with Crippen LogP contribution in [-0.4, -0.2) is 20.7 Å². The fourth-order valence-electron chi connectivity index (χ4n) is 3.73. The van der Waals surface area contributed by atoms with Gasteiger partial charge in [-0.15, -0.1) is 0 Å². The summed E-state index contributed by atoms with van der Waals surface area (Å²) in [6, 6.07) is 17.6. The molecule has 2 aromatic carbocycles. The molecule has 32 heavy (non-hydrogen) atoms. The Kier molecular flexibility index (Phi) is 6.02. The molecule has 6 heteroatoms. The summed E-state index contributed by atoms with van der Waals surface area (Å²) in [5, 5.41) is 10.6. The zero-order valence-corrected chi connectivity index (χ0v) is 19.5. The summed E-state index contributed by atoms with van der Waals surface area (Å²) in [5.74, 6) is -0.356. The number of benzene rings is 2. The number of hydrogen-bond donors (Lipinski definition) is 1. The maximum Gasteiger partial charge on any atom is 0.227 e. The molecule has 1 N–H and O–H groups in total. The molecule has 4 rings (SSSR count). The molecular formula is C26H27ClN4O. The SMILES string of the molecule is CC(C(=O)NCc1cc(C(C)(C)C)nn1-c1cccc(Cl)c1)c1cccc2ccncc12. The zero-order valence-electron chi connectivity index (χ0n) is 18.8. The lowest BCUT2D eigenvalue weighted by Gasteiger charge is -2.15. The number of nitrogens with zero attached hydrogens (tertiary/aromatic N) is 3. The van der Waals surface area contributed by atoms with Gasteiger partial charge in [-0.25, -0.2) is 4.68 Å². The van der Waals surface area contributed by atoms with Gasteiger partial charge in [-0.2, -0.15) is 5.10 Å². The van der Waals surface area contributed by atoms with Crippen LogP contribution < -0.4 is 5.32 Å². The van der Waals surface area contributed by atoms with Crippen molar-refractivity contribution in [2.75, 3.05) is 0 Å². The van der Waals surface area contributed by atoms with Gasteiger partial charge < -0.3 is 5.32 Å². The van der Waals surface area contributed by atoms with E-state index in [4.69, 9.17) is 16.7 Å². The lowest BCUT2D eigenvalue weighted by Crippen LogP contribution is -2.28. The Balaban J connectivity index is 1.60. The molecule has 0 aliphatic rings. The van der Waals surface area contributed by atoms with Crippen molar-refractivity contribution in [2.24, 2.45) is 0 Å². The number of pyridine rings is 1. The summed E-state index contributed by atoms with van der Waals surface area (Å²) < 4.78 is 1.86. The van der Waals surface area contributed by atoms with Gasteiger partial charge in [-0.05, 0) is 48.2 Å². The van der Waals surface area contributed by atoms with E-state index >= 15 is 0 Å². The largest absolute Gasteiger partial charge is 0.350 e. The van der Waals surface area contributed by atoms with Crippen molar-refractivity contribution < 1.29 is 4.79 Å². The molecule has 0 bridgehead atoms. The van der Waals surface area contributed by atoms with Crippen molar-refractivity contribution >= 4 is 28.3 Å². The molecule has 1 unspecified atom stereocenters. The molecule has 0 saturated heterocycles. The Labute approximate surface area is 193 Å². The number of hydrogen-bond acceptors (Lipinski definition) is 3. The van der Waals surface area contributed by atoms with Crippen molar-refractivity contribution in [3.63, 3.8) is 0 Å². The van der Waals surface area contributed by atoms with Crippen LogP contribution in [0.2, 0.25) is 5.02 Å². The van der Waals surface area contributed by atoms with Gasteiger partial charge in [-0.3, -0.25) is 9.78 Å². The first-order valence-electron chi connectivity index (χ1n) is 10.7. The second-order valence-corrected chi connectivity index (χ2v) is 9.48. The average Bonchev–Trinajstić information content (AvgIpc) is 3.21. The molecule has 2 heterocycles. The van der Waals surface area contributed by atoms with Crippen LogP contribution in [-0.2, 0) is 16.8 Å². The van der Waals surface area contributed by atoms with E-state index in [0.717, 1.165) is 33.4 Å². The van der Waals surface area contributed by atoms with E-state index in [9.17, 15) is 4.79 Å². The number of rotatable bonds is 5. The van der Waals surface area contributed by atoms with Crippen molar-refractivity contribution in [3.8, 4) is 5.69 Å². The van der Waals surface area contributed by atoms with Gasteiger partial charge >= 0.3 is 0 Å². The van der Waals surface area contributed by atoms with E-state index in [0.29, 0.717) is 11.6 Å². The number of amides is 1. The van der Waals surface area contributed by atoms with Gasteiger partial charge in [0.15, 0.2) is 0 Å². The second kappa shape index (κ2) is 8.75. The molecule has 0 saturated carbocycles. The highest BCUT2D eigenvalue weighted by molar-refractivity contribution is 6.30. The highest BCUT2D eigenvalue weighted by Crippen LogP contribution is 2.27. The first-order chi connectivity index (χ1) is 15.2. The van der Waals surface area contributed by atoms with Crippen LogP contribution in [0.1, 0.15) is 50.6 Å². The van der Waals surface area contributed by atoms with E-state index < -0.39 is 0 Å². The molecular weight excluding hydrogens is 420 g/mol. The van der Waals surface area contributed by atoms with E-state index in [1.807, 2.05) is 72.4 Å².